The molecule has 154 valence electrons. The topological polar surface area (TPSA) is 22.1 Å². The molecule has 0 saturated carbocycles. The fourth-order valence-corrected chi connectivity index (χ4v) is 3.24. The molecule has 0 aliphatic rings. The molecule has 0 aliphatic heterocycles. The van der Waals surface area contributed by atoms with Crippen LogP contribution in [0.4, 0.5) is 4.39 Å². The summed E-state index contributed by atoms with van der Waals surface area (Å²) in [7, 11) is 0. The summed E-state index contributed by atoms with van der Waals surface area (Å²) in [5.74, 6) is 0.917. The van der Waals surface area contributed by atoms with E-state index in [1.54, 1.807) is 0 Å². The van der Waals surface area contributed by atoms with E-state index in [1.807, 2.05) is 31.3 Å². The third-order valence-electron chi connectivity index (χ3n) is 5.18. The number of pyridine rings is 1. The minimum atomic E-state index is -0.715. The highest BCUT2D eigenvalue weighted by atomic mass is 19.1. The number of halogens is 1. The minimum Gasteiger partial charge on any atom is -0.494 e. The number of unbranched alkanes of at least 4 members (excludes halogenated alkanes) is 6. The SMILES string of the molecule is CCCCCCCCCOc1ccc(-c2ccc(CCC(F)CC)cn2)cc1. The molecule has 1 heterocycles. The molecule has 1 atom stereocenters. The fourth-order valence-electron chi connectivity index (χ4n) is 3.24. The second-order valence-electron chi connectivity index (χ2n) is 7.59. The van der Waals surface area contributed by atoms with Gasteiger partial charge in [0, 0.05) is 11.8 Å². The van der Waals surface area contributed by atoms with Crippen LogP contribution in [0.2, 0.25) is 0 Å². The van der Waals surface area contributed by atoms with Crippen molar-refractivity contribution < 1.29 is 9.13 Å². The lowest BCUT2D eigenvalue weighted by Gasteiger charge is -2.08. The molecule has 0 bridgehead atoms. The summed E-state index contributed by atoms with van der Waals surface area (Å²) in [6.07, 6.45) is 12.1. The molecule has 0 amide bonds. The average Bonchev–Trinajstić information content (AvgIpc) is 2.74. The standard InChI is InChI=1S/C25H36FNO/c1-3-5-6-7-8-9-10-19-28-24-16-13-22(14-17-24)25-18-12-21(20-27-25)11-15-23(26)4-2/h12-14,16-18,20,23H,3-11,15,19H2,1-2H3. The Balaban J connectivity index is 1.71. The Morgan fingerprint density at radius 3 is 2.25 bits per heavy atom. The third-order valence-corrected chi connectivity index (χ3v) is 5.18. The minimum absolute atomic E-state index is 0.572. The molecule has 28 heavy (non-hydrogen) atoms. The summed E-state index contributed by atoms with van der Waals surface area (Å²) >= 11 is 0. The molecule has 1 aromatic heterocycles. The van der Waals surface area contributed by atoms with Crippen LogP contribution in [-0.2, 0) is 6.42 Å². The predicted molar refractivity (Wildman–Crippen MR) is 117 cm³/mol. The number of rotatable bonds is 14. The summed E-state index contributed by atoms with van der Waals surface area (Å²) in [6, 6.07) is 12.2. The molecule has 0 N–H and O–H groups in total. The van der Waals surface area contributed by atoms with Crippen LogP contribution in [0.5, 0.6) is 5.75 Å². The van der Waals surface area contributed by atoms with Crippen LogP contribution >= 0.6 is 0 Å². The van der Waals surface area contributed by atoms with Crippen LogP contribution in [0.3, 0.4) is 0 Å². The van der Waals surface area contributed by atoms with E-state index >= 15 is 0 Å². The second-order valence-corrected chi connectivity index (χ2v) is 7.59. The number of aryl methyl sites for hydroxylation is 1. The van der Waals surface area contributed by atoms with E-state index in [1.165, 1.54) is 38.5 Å². The highest BCUT2D eigenvalue weighted by Crippen LogP contribution is 2.22. The van der Waals surface area contributed by atoms with E-state index in [0.29, 0.717) is 12.8 Å². The first-order valence-corrected chi connectivity index (χ1v) is 11.0. The summed E-state index contributed by atoms with van der Waals surface area (Å²) < 4.78 is 19.2. The first-order valence-electron chi connectivity index (χ1n) is 11.0. The monoisotopic (exact) mass is 385 g/mol. The average molecular weight is 386 g/mol. The van der Waals surface area contributed by atoms with Gasteiger partial charge in [-0.25, -0.2) is 4.39 Å². The van der Waals surface area contributed by atoms with Gasteiger partial charge in [-0.15, -0.1) is 0 Å². The summed E-state index contributed by atoms with van der Waals surface area (Å²) in [6.45, 7) is 4.92. The molecule has 0 fully saturated rings. The van der Waals surface area contributed by atoms with Gasteiger partial charge in [0.2, 0.25) is 0 Å². The lowest BCUT2D eigenvalue weighted by Crippen LogP contribution is -2.00. The van der Waals surface area contributed by atoms with Crippen LogP contribution in [0.25, 0.3) is 11.3 Å². The van der Waals surface area contributed by atoms with Crippen molar-refractivity contribution in [3.8, 4) is 17.0 Å². The van der Waals surface area contributed by atoms with Crippen LogP contribution in [0.15, 0.2) is 42.6 Å². The van der Waals surface area contributed by atoms with Gasteiger partial charge in [0.15, 0.2) is 0 Å². The van der Waals surface area contributed by atoms with Crippen molar-refractivity contribution in [1.82, 2.24) is 4.98 Å². The summed E-state index contributed by atoms with van der Waals surface area (Å²) in [5.41, 5.74) is 3.11. The zero-order chi connectivity index (χ0) is 20.0. The molecule has 2 rings (SSSR count). The predicted octanol–water partition coefficient (Wildman–Crippen LogP) is 7.56. The number of ether oxygens (including phenoxy) is 1. The van der Waals surface area contributed by atoms with Crippen molar-refractivity contribution in [1.29, 1.82) is 0 Å². The van der Waals surface area contributed by atoms with Crippen molar-refractivity contribution in [3.05, 3.63) is 48.2 Å². The normalized spacial score (nSPS) is 12.1. The summed E-state index contributed by atoms with van der Waals surface area (Å²) in [4.78, 5) is 4.54. The maximum absolute atomic E-state index is 13.4. The van der Waals surface area contributed by atoms with Gasteiger partial charge >= 0.3 is 0 Å². The van der Waals surface area contributed by atoms with E-state index in [-0.39, 0.29) is 0 Å². The van der Waals surface area contributed by atoms with Gasteiger partial charge in [0.1, 0.15) is 11.9 Å². The van der Waals surface area contributed by atoms with E-state index in [2.05, 4.69) is 30.1 Å². The number of benzene rings is 1. The number of nitrogens with zero attached hydrogens (tertiary/aromatic N) is 1. The van der Waals surface area contributed by atoms with Crippen molar-refractivity contribution in [3.63, 3.8) is 0 Å². The number of alkyl halides is 1. The molecule has 2 aromatic rings. The molecule has 0 spiro atoms. The van der Waals surface area contributed by atoms with Crippen molar-refractivity contribution in [2.24, 2.45) is 0 Å². The molecular weight excluding hydrogens is 349 g/mol. The number of hydrogen-bond donors (Lipinski definition) is 0. The van der Waals surface area contributed by atoms with Gasteiger partial charge in [-0.05, 0) is 61.6 Å². The molecule has 0 radical (unpaired) electrons. The maximum Gasteiger partial charge on any atom is 0.119 e. The van der Waals surface area contributed by atoms with Gasteiger partial charge in [-0.1, -0.05) is 58.4 Å². The lowest BCUT2D eigenvalue weighted by atomic mass is 10.1. The Morgan fingerprint density at radius 2 is 1.61 bits per heavy atom. The van der Waals surface area contributed by atoms with Gasteiger partial charge in [-0.3, -0.25) is 4.98 Å². The van der Waals surface area contributed by atoms with E-state index in [4.69, 9.17) is 4.74 Å². The lowest BCUT2D eigenvalue weighted by molar-refractivity contribution is 0.304. The first kappa shape index (κ1) is 22.4. The number of aromatic nitrogens is 1. The molecule has 3 heteroatoms. The van der Waals surface area contributed by atoms with Crippen molar-refractivity contribution in [2.45, 2.75) is 84.2 Å². The Labute approximate surface area is 170 Å². The largest absolute Gasteiger partial charge is 0.494 e. The molecule has 2 nitrogen and oxygen atoms in total. The molecule has 0 saturated heterocycles. The zero-order valence-corrected chi connectivity index (χ0v) is 17.6. The molecule has 0 aliphatic carbocycles. The van der Waals surface area contributed by atoms with E-state index in [0.717, 1.165) is 42.0 Å². The van der Waals surface area contributed by atoms with E-state index in [9.17, 15) is 4.39 Å². The second kappa shape index (κ2) is 13.3. The Bertz CT molecular complexity index is 639. The Kier molecular flexibility index (Phi) is 10.6. The van der Waals surface area contributed by atoms with Crippen LogP contribution in [0, 0.1) is 0 Å². The quantitative estimate of drug-likeness (QED) is 0.313. The van der Waals surface area contributed by atoms with Crippen molar-refractivity contribution >= 4 is 0 Å². The highest BCUT2D eigenvalue weighted by molar-refractivity contribution is 5.60. The maximum atomic E-state index is 13.4. The van der Waals surface area contributed by atoms with Crippen molar-refractivity contribution in [2.75, 3.05) is 6.61 Å². The zero-order valence-electron chi connectivity index (χ0n) is 17.6. The van der Waals surface area contributed by atoms with Crippen LogP contribution in [0.1, 0.15) is 77.2 Å². The Morgan fingerprint density at radius 1 is 0.893 bits per heavy atom. The Hall–Kier alpha value is -1.90. The van der Waals surface area contributed by atoms with Crippen LogP contribution in [-0.4, -0.2) is 17.8 Å². The van der Waals surface area contributed by atoms with Crippen LogP contribution < -0.4 is 4.74 Å². The highest BCUT2D eigenvalue weighted by Gasteiger charge is 2.05. The first-order chi connectivity index (χ1) is 13.7. The van der Waals surface area contributed by atoms with Gasteiger partial charge in [0.05, 0.1) is 12.3 Å². The third kappa shape index (κ3) is 8.41. The molecule has 1 unspecified atom stereocenters. The molecular formula is C25H36FNO. The van der Waals surface area contributed by atoms with Gasteiger partial charge in [-0.2, -0.15) is 0 Å². The summed E-state index contributed by atoms with van der Waals surface area (Å²) in [5, 5.41) is 0. The molecule has 1 aromatic carbocycles. The smallest absolute Gasteiger partial charge is 0.119 e. The van der Waals surface area contributed by atoms with Gasteiger partial charge < -0.3 is 4.74 Å². The van der Waals surface area contributed by atoms with Gasteiger partial charge in [0.25, 0.3) is 0 Å². The fraction of sp³-hybridized carbons (Fsp3) is 0.560. The number of hydrogen-bond acceptors (Lipinski definition) is 2. The van der Waals surface area contributed by atoms with E-state index < -0.39 is 6.17 Å².